The minimum atomic E-state index is -0.255. The summed E-state index contributed by atoms with van der Waals surface area (Å²) in [6.45, 7) is 5.69. The Morgan fingerprint density at radius 2 is 1.67 bits per heavy atom. The first-order valence-corrected chi connectivity index (χ1v) is 5.75. The second-order valence-electron chi connectivity index (χ2n) is 4.40. The maximum absolute atomic E-state index is 12.3. The van der Waals surface area contributed by atoms with Crippen molar-refractivity contribution in [3.8, 4) is 11.8 Å². The minimum Gasteiger partial charge on any atom is -0.283 e. The number of nitriles is 1. The van der Waals surface area contributed by atoms with Gasteiger partial charge in [0.15, 0.2) is 0 Å². The van der Waals surface area contributed by atoms with Crippen molar-refractivity contribution in [1.29, 1.82) is 5.26 Å². The van der Waals surface area contributed by atoms with Crippen LogP contribution in [0.15, 0.2) is 35.3 Å². The van der Waals surface area contributed by atoms with Gasteiger partial charge in [0, 0.05) is 6.20 Å². The van der Waals surface area contributed by atoms with Crippen LogP contribution in [0, 0.1) is 32.1 Å². The first-order chi connectivity index (χ1) is 8.56. The predicted molar refractivity (Wildman–Crippen MR) is 71.0 cm³/mol. The molecule has 1 heterocycles. The highest BCUT2D eigenvalue weighted by molar-refractivity contribution is 5.48. The molecule has 0 spiro atoms. The lowest BCUT2D eigenvalue weighted by Crippen LogP contribution is -2.22. The Morgan fingerprint density at radius 3 is 2.22 bits per heavy atom. The van der Waals surface area contributed by atoms with Crippen molar-refractivity contribution in [3.63, 3.8) is 0 Å². The van der Waals surface area contributed by atoms with Gasteiger partial charge in [-0.3, -0.25) is 9.36 Å². The number of rotatable bonds is 1. The van der Waals surface area contributed by atoms with E-state index in [9.17, 15) is 4.79 Å². The highest BCUT2D eigenvalue weighted by Gasteiger charge is 2.11. The van der Waals surface area contributed by atoms with Gasteiger partial charge in [-0.2, -0.15) is 5.26 Å². The van der Waals surface area contributed by atoms with Gasteiger partial charge in [-0.25, -0.2) is 0 Å². The number of hydrogen-bond donors (Lipinski definition) is 0. The van der Waals surface area contributed by atoms with Crippen LogP contribution < -0.4 is 5.56 Å². The van der Waals surface area contributed by atoms with Gasteiger partial charge in [-0.15, -0.1) is 0 Å². The molecular weight excluding hydrogens is 224 g/mol. The maximum Gasteiger partial charge on any atom is 0.273 e. The highest BCUT2D eigenvalue weighted by atomic mass is 16.1. The van der Waals surface area contributed by atoms with Crippen molar-refractivity contribution in [1.82, 2.24) is 4.57 Å². The fourth-order valence-electron chi connectivity index (χ4n) is 2.12. The van der Waals surface area contributed by atoms with Crippen LogP contribution in [0.1, 0.15) is 22.3 Å². The number of aromatic nitrogens is 1. The summed E-state index contributed by atoms with van der Waals surface area (Å²) in [5, 5.41) is 9.05. The molecule has 0 fully saturated rings. The quantitative estimate of drug-likeness (QED) is 0.766. The van der Waals surface area contributed by atoms with E-state index < -0.39 is 0 Å². The van der Waals surface area contributed by atoms with Crippen LogP contribution in [0.3, 0.4) is 0 Å². The Hall–Kier alpha value is -2.34. The Balaban J connectivity index is 2.82. The van der Waals surface area contributed by atoms with E-state index in [0.29, 0.717) is 5.56 Å². The molecule has 0 unspecified atom stereocenters. The zero-order chi connectivity index (χ0) is 13.3. The average molecular weight is 238 g/mol. The molecule has 0 aliphatic heterocycles. The lowest BCUT2D eigenvalue weighted by atomic mass is 10.1. The van der Waals surface area contributed by atoms with Gasteiger partial charge in [-0.1, -0.05) is 18.2 Å². The molecule has 2 aromatic rings. The van der Waals surface area contributed by atoms with E-state index in [1.807, 2.05) is 38.1 Å². The van der Waals surface area contributed by atoms with Crippen molar-refractivity contribution in [2.75, 3.05) is 0 Å². The molecule has 1 aromatic carbocycles. The fourth-order valence-corrected chi connectivity index (χ4v) is 2.12. The maximum atomic E-state index is 12.3. The molecule has 0 bridgehead atoms. The lowest BCUT2D eigenvalue weighted by Gasteiger charge is -2.13. The van der Waals surface area contributed by atoms with Gasteiger partial charge in [-0.05, 0) is 43.5 Å². The third kappa shape index (κ3) is 1.82. The van der Waals surface area contributed by atoms with Crippen LogP contribution >= 0.6 is 0 Å². The second-order valence-corrected chi connectivity index (χ2v) is 4.40. The summed E-state index contributed by atoms with van der Waals surface area (Å²) in [6.07, 6.45) is 1.73. The number of hydrogen-bond acceptors (Lipinski definition) is 2. The Morgan fingerprint density at radius 1 is 1.06 bits per heavy atom. The van der Waals surface area contributed by atoms with Crippen molar-refractivity contribution in [2.24, 2.45) is 0 Å². The molecular formula is C15H14N2O. The van der Waals surface area contributed by atoms with Crippen molar-refractivity contribution in [3.05, 3.63) is 63.1 Å². The van der Waals surface area contributed by atoms with Gasteiger partial charge in [0.05, 0.1) is 5.69 Å². The minimum absolute atomic E-state index is 0.208. The first-order valence-electron chi connectivity index (χ1n) is 5.75. The van der Waals surface area contributed by atoms with E-state index in [4.69, 9.17) is 5.26 Å². The molecule has 0 saturated carbocycles. The lowest BCUT2D eigenvalue weighted by molar-refractivity contribution is 0.951. The monoisotopic (exact) mass is 238 g/mol. The SMILES string of the molecule is Cc1cccc(C)c1-n1ccc(C)c(C#N)c1=O. The third-order valence-corrected chi connectivity index (χ3v) is 3.09. The Labute approximate surface area is 106 Å². The smallest absolute Gasteiger partial charge is 0.273 e. The molecule has 0 amide bonds. The van der Waals surface area contributed by atoms with Crippen LogP contribution in [-0.2, 0) is 0 Å². The molecule has 3 nitrogen and oxygen atoms in total. The second kappa shape index (κ2) is 4.50. The van der Waals surface area contributed by atoms with Crippen LogP contribution in [0.5, 0.6) is 0 Å². The zero-order valence-electron chi connectivity index (χ0n) is 10.7. The predicted octanol–water partition coefficient (Wildman–Crippen LogP) is 2.63. The third-order valence-electron chi connectivity index (χ3n) is 3.09. The molecule has 0 saturated heterocycles. The molecule has 0 aliphatic rings. The number of para-hydroxylation sites is 1. The molecule has 0 atom stereocenters. The number of benzene rings is 1. The van der Waals surface area contributed by atoms with E-state index in [-0.39, 0.29) is 11.1 Å². The molecule has 18 heavy (non-hydrogen) atoms. The van der Waals surface area contributed by atoms with Crippen LogP contribution in [0.4, 0.5) is 0 Å². The Bertz CT molecular complexity index is 685. The average Bonchev–Trinajstić information content (AvgIpc) is 2.32. The van der Waals surface area contributed by atoms with Crippen LogP contribution in [-0.4, -0.2) is 4.57 Å². The number of pyridine rings is 1. The van der Waals surface area contributed by atoms with Gasteiger partial charge in [0.25, 0.3) is 5.56 Å². The standard InChI is InChI=1S/C15H14N2O/c1-10-7-8-17(15(18)13(10)9-16)14-11(2)5-4-6-12(14)3/h4-8H,1-3H3. The summed E-state index contributed by atoms with van der Waals surface area (Å²) in [4.78, 5) is 12.3. The summed E-state index contributed by atoms with van der Waals surface area (Å²) in [5.74, 6) is 0. The van der Waals surface area contributed by atoms with Gasteiger partial charge in [0.2, 0.25) is 0 Å². The zero-order valence-corrected chi connectivity index (χ0v) is 10.7. The van der Waals surface area contributed by atoms with Crippen molar-refractivity contribution in [2.45, 2.75) is 20.8 Å². The van der Waals surface area contributed by atoms with Gasteiger partial charge in [0.1, 0.15) is 11.6 Å². The Kier molecular flexibility index (Phi) is 3.03. The largest absolute Gasteiger partial charge is 0.283 e. The topological polar surface area (TPSA) is 45.8 Å². The van der Waals surface area contributed by atoms with E-state index >= 15 is 0 Å². The summed E-state index contributed by atoms with van der Waals surface area (Å²) >= 11 is 0. The molecule has 2 rings (SSSR count). The molecule has 90 valence electrons. The summed E-state index contributed by atoms with van der Waals surface area (Å²) < 4.78 is 1.55. The van der Waals surface area contributed by atoms with Gasteiger partial charge < -0.3 is 0 Å². The summed E-state index contributed by atoms with van der Waals surface area (Å²) in [5.41, 5.74) is 3.56. The van der Waals surface area contributed by atoms with Crippen molar-refractivity contribution < 1.29 is 0 Å². The van der Waals surface area contributed by atoms with E-state index in [2.05, 4.69) is 0 Å². The molecule has 0 N–H and O–H groups in total. The van der Waals surface area contributed by atoms with Crippen LogP contribution in [0.2, 0.25) is 0 Å². The highest BCUT2D eigenvalue weighted by Crippen LogP contribution is 2.17. The van der Waals surface area contributed by atoms with E-state index in [0.717, 1.165) is 16.8 Å². The molecule has 0 radical (unpaired) electrons. The molecule has 1 aromatic heterocycles. The van der Waals surface area contributed by atoms with E-state index in [1.165, 1.54) is 0 Å². The number of nitrogens with zero attached hydrogens (tertiary/aromatic N) is 2. The first kappa shape index (κ1) is 12.1. The summed E-state index contributed by atoms with van der Waals surface area (Å²) in [6, 6.07) is 9.65. The molecule has 3 heteroatoms. The van der Waals surface area contributed by atoms with E-state index in [1.54, 1.807) is 23.8 Å². The summed E-state index contributed by atoms with van der Waals surface area (Å²) in [7, 11) is 0. The fraction of sp³-hybridized carbons (Fsp3) is 0.200. The van der Waals surface area contributed by atoms with Gasteiger partial charge >= 0.3 is 0 Å². The molecule has 0 aliphatic carbocycles. The normalized spacial score (nSPS) is 10.1. The number of aryl methyl sites for hydroxylation is 3. The van der Waals surface area contributed by atoms with Crippen molar-refractivity contribution >= 4 is 0 Å². The van der Waals surface area contributed by atoms with Crippen LogP contribution in [0.25, 0.3) is 5.69 Å².